The molecule has 1 N–H and O–H groups in total. The smallest absolute Gasteiger partial charge is 0.258 e. The lowest BCUT2D eigenvalue weighted by Gasteiger charge is -2.17. The van der Waals surface area contributed by atoms with Gasteiger partial charge in [-0.25, -0.2) is 9.97 Å². The normalized spacial score (nSPS) is 15.1. The highest BCUT2D eigenvalue weighted by Crippen LogP contribution is 2.40. The average molecular weight is 369 g/mol. The number of furan rings is 1. The summed E-state index contributed by atoms with van der Waals surface area (Å²) in [5.41, 5.74) is 1.64. The maximum absolute atomic E-state index is 13.2. The highest BCUT2D eigenvalue weighted by atomic mass is 16.5. The largest absolute Gasteiger partial charge is 0.442 e. The van der Waals surface area contributed by atoms with Gasteiger partial charge >= 0.3 is 0 Å². The number of hydrogen-bond acceptors (Lipinski definition) is 7. The van der Waals surface area contributed by atoms with Crippen LogP contribution in [-0.2, 0) is 13.0 Å². The Labute approximate surface area is 156 Å². The highest BCUT2D eigenvalue weighted by molar-refractivity contribution is 6.10. The lowest BCUT2D eigenvalue weighted by molar-refractivity contribution is 0.0782. The summed E-state index contributed by atoms with van der Waals surface area (Å²) in [6, 6.07) is 1.87. The number of carbonyl (C=O) groups is 1. The molecule has 0 radical (unpaired) electrons. The van der Waals surface area contributed by atoms with Gasteiger partial charge < -0.3 is 19.2 Å². The van der Waals surface area contributed by atoms with Gasteiger partial charge in [-0.05, 0) is 26.7 Å². The zero-order chi connectivity index (χ0) is 19.2. The van der Waals surface area contributed by atoms with E-state index in [1.807, 2.05) is 13.0 Å². The Hall–Kier alpha value is -2.90. The van der Waals surface area contributed by atoms with Crippen LogP contribution >= 0.6 is 0 Å². The Morgan fingerprint density at radius 2 is 2.15 bits per heavy atom. The van der Waals surface area contributed by atoms with Crippen molar-refractivity contribution in [1.82, 2.24) is 20.0 Å². The zero-order valence-corrected chi connectivity index (χ0v) is 16.0. The van der Waals surface area contributed by atoms with Gasteiger partial charge in [-0.3, -0.25) is 4.79 Å². The van der Waals surface area contributed by atoms with Crippen molar-refractivity contribution in [3.05, 3.63) is 35.2 Å². The summed E-state index contributed by atoms with van der Waals surface area (Å²) in [6.45, 7) is 6.26. The third-order valence-electron chi connectivity index (χ3n) is 5.00. The van der Waals surface area contributed by atoms with Crippen molar-refractivity contribution in [2.75, 3.05) is 12.4 Å². The van der Waals surface area contributed by atoms with Crippen LogP contribution < -0.4 is 5.32 Å². The Morgan fingerprint density at radius 3 is 2.81 bits per heavy atom. The molecule has 3 heterocycles. The first-order chi connectivity index (χ1) is 12.9. The first kappa shape index (κ1) is 17.5. The molecular formula is C19H23N5O3. The van der Waals surface area contributed by atoms with Crippen molar-refractivity contribution in [3.8, 4) is 0 Å². The van der Waals surface area contributed by atoms with E-state index in [0.717, 1.165) is 25.0 Å². The van der Waals surface area contributed by atoms with Crippen molar-refractivity contribution >= 4 is 22.8 Å². The van der Waals surface area contributed by atoms with Gasteiger partial charge in [0.2, 0.25) is 5.71 Å². The Morgan fingerprint density at radius 1 is 1.37 bits per heavy atom. The fourth-order valence-electron chi connectivity index (χ4n) is 3.10. The molecule has 1 amide bonds. The average Bonchev–Trinajstić information content (AvgIpc) is 3.05. The van der Waals surface area contributed by atoms with Crippen LogP contribution in [0.2, 0.25) is 0 Å². The molecular weight excluding hydrogens is 346 g/mol. The van der Waals surface area contributed by atoms with Crippen LogP contribution in [0.1, 0.15) is 54.3 Å². The predicted molar refractivity (Wildman–Crippen MR) is 99.5 cm³/mol. The van der Waals surface area contributed by atoms with E-state index in [9.17, 15) is 4.79 Å². The van der Waals surface area contributed by atoms with E-state index < -0.39 is 0 Å². The van der Waals surface area contributed by atoms with E-state index in [-0.39, 0.29) is 11.4 Å². The lowest BCUT2D eigenvalue weighted by atomic mass is 10.1. The van der Waals surface area contributed by atoms with Gasteiger partial charge in [0.25, 0.3) is 5.91 Å². The molecule has 0 bridgehead atoms. The van der Waals surface area contributed by atoms with E-state index in [0.29, 0.717) is 40.5 Å². The molecule has 0 saturated heterocycles. The predicted octanol–water partition coefficient (Wildman–Crippen LogP) is 3.32. The Balaban J connectivity index is 1.67. The number of carbonyl (C=O) groups excluding carboxylic acids is 1. The first-order valence-electron chi connectivity index (χ1n) is 9.12. The Bertz CT molecular complexity index is 1000. The van der Waals surface area contributed by atoms with Crippen LogP contribution in [0.15, 0.2) is 21.3 Å². The number of anilines is 1. The van der Waals surface area contributed by atoms with Crippen LogP contribution in [0.3, 0.4) is 0 Å². The SMILES string of the molecule is CCc1cc(CN(C)C(=O)c2c(C)oc3ncnc(NC4(C)CC4)c23)no1. The third-order valence-corrected chi connectivity index (χ3v) is 5.00. The highest BCUT2D eigenvalue weighted by Gasteiger charge is 2.38. The van der Waals surface area contributed by atoms with Gasteiger partial charge in [0.1, 0.15) is 29.4 Å². The molecule has 4 rings (SSSR count). The second kappa shape index (κ2) is 6.37. The van der Waals surface area contributed by atoms with Crippen molar-refractivity contribution in [3.63, 3.8) is 0 Å². The van der Waals surface area contributed by atoms with Gasteiger partial charge in [0, 0.05) is 25.1 Å². The molecule has 0 aliphatic heterocycles. The molecule has 8 heteroatoms. The molecule has 0 unspecified atom stereocenters. The summed E-state index contributed by atoms with van der Waals surface area (Å²) >= 11 is 0. The summed E-state index contributed by atoms with van der Waals surface area (Å²) in [4.78, 5) is 23.3. The van der Waals surface area contributed by atoms with E-state index >= 15 is 0 Å². The topological polar surface area (TPSA) is 97.3 Å². The van der Waals surface area contributed by atoms with Crippen LogP contribution in [0.25, 0.3) is 11.1 Å². The summed E-state index contributed by atoms with van der Waals surface area (Å²) in [5.74, 6) is 1.81. The summed E-state index contributed by atoms with van der Waals surface area (Å²) in [6.07, 6.45) is 4.37. The van der Waals surface area contributed by atoms with Crippen LogP contribution in [0.4, 0.5) is 5.82 Å². The minimum atomic E-state index is -0.161. The first-order valence-corrected chi connectivity index (χ1v) is 9.12. The van der Waals surface area contributed by atoms with Crippen LogP contribution in [0, 0.1) is 6.92 Å². The van der Waals surface area contributed by atoms with Gasteiger partial charge in [-0.2, -0.15) is 0 Å². The molecule has 1 aliphatic rings. The second-order valence-corrected chi connectivity index (χ2v) is 7.42. The number of aromatic nitrogens is 3. The molecule has 142 valence electrons. The molecule has 3 aromatic rings. The standard InChI is InChI=1S/C19H23N5O3/c1-5-13-8-12(23-27-13)9-24(4)18(25)14-11(2)26-17-15(14)16(20-10-21-17)22-19(3)6-7-19/h8,10H,5-7,9H2,1-4H3,(H,20,21,22). The van der Waals surface area contributed by atoms with E-state index in [4.69, 9.17) is 8.94 Å². The number of nitrogens with one attached hydrogen (secondary N) is 1. The quantitative estimate of drug-likeness (QED) is 0.712. The number of aryl methyl sites for hydroxylation is 2. The molecule has 1 aliphatic carbocycles. The van der Waals surface area contributed by atoms with E-state index in [2.05, 4.69) is 27.4 Å². The van der Waals surface area contributed by atoms with E-state index in [1.165, 1.54) is 6.33 Å². The fourth-order valence-corrected chi connectivity index (χ4v) is 3.10. The minimum Gasteiger partial charge on any atom is -0.442 e. The molecule has 8 nitrogen and oxygen atoms in total. The Kier molecular flexibility index (Phi) is 4.13. The minimum absolute atomic E-state index is 0.0238. The molecule has 1 saturated carbocycles. The molecule has 3 aromatic heterocycles. The molecule has 1 fully saturated rings. The summed E-state index contributed by atoms with van der Waals surface area (Å²) < 4.78 is 11.0. The van der Waals surface area contributed by atoms with Crippen molar-refractivity contribution < 1.29 is 13.7 Å². The number of rotatable bonds is 6. The maximum Gasteiger partial charge on any atom is 0.258 e. The van der Waals surface area contributed by atoms with Gasteiger partial charge in [-0.15, -0.1) is 0 Å². The summed E-state index contributed by atoms with van der Waals surface area (Å²) in [5, 5.41) is 8.09. The van der Waals surface area contributed by atoms with E-state index in [1.54, 1.807) is 18.9 Å². The van der Waals surface area contributed by atoms with Crippen molar-refractivity contribution in [2.45, 2.75) is 52.1 Å². The van der Waals surface area contributed by atoms with Gasteiger partial charge in [0.05, 0.1) is 17.5 Å². The molecule has 0 aromatic carbocycles. The van der Waals surface area contributed by atoms with Gasteiger partial charge in [-0.1, -0.05) is 12.1 Å². The second-order valence-electron chi connectivity index (χ2n) is 7.42. The van der Waals surface area contributed by atoms with Crippen LogP contribution in [-0.4, -0.2) is 38.5 Å². The third kappa shape index (κ3) is 3.27. The van der Waals surface area contributed by atoms with Crippen molar-refractivity contribution in [1.29, 1.82) is 0 Å². The fraction of sp³-hybridized carbons (Fsp3) is 0.474. The molecule has 0 atom stereocenters. The van der Waals surface area contributed by atoms with Crippen LogP contribution in [0.5, 0.6) is 0 Å². The monoisotopic (exact) mass is 369 g/mol. The van der Waals surface area contributed by atoms with Crippen molar-refractivity contribution in [2.24, 2.45) is 0 Å². The van der Waals surface area contributed by atoms with Gasteiger partial charge in [0.15, 0.2) is 0 Å². The number of hydrogen-bond donors (Lipinski definition) is 1. The summed E-state index contributed by atoms with van der Waals surface area (Å²) in [7, 11) is 1.74. The zero-order valence-electron chi connectivity index (χ0n) is 16.0. The lowest BCUT2D eigenvalue weighted by Crippen LogP contribution is -2.27. The number of fused-ring (bicyclic) bond motifs is 1. The number of nitrogens with zero attached hydrogens (tertiary/aromatic N) is 4. The number of amides is 1. The maximum atomic E-state index is 13.2. The molecule has 0 spiro atoms. The molecule has 27 heavy (non-hydrogen) atoms.